The summed E-state index contributed by atoms with van der Waals surface area (Å²) in [5.74, 6) is 0. The molecule has 0 aliphatic rings. The number of thiophene rings is 1. The van der Waals surface area contributed by atoms with Crippen LogP contribution in [0.2, 0.25) is 0 Å². The maximum absolute atomic E-state index is 12.4. The Kier molecular flexibility index (Phi) is 3.27. The molecule has 1 heterocycles. The smallest absolute Gasteiger partial charge is 0.204 e. The fourth-order valence-electron chi connectivity index (χ4n) is 1.17. The fourth-order valence-corrected chi connectivity index (χ4v) is 3.58. The van der Waals surface area contributed by atoms with Crippen LogP contribution in [0.25, 0.3) is 10.1 Å². The fraction of sp³-hybridized carbons (Fsp3) is 0.111. The molecule has 0 atom stereocenters. The summed E-state index contributed by atoms with van der Waals surface area (Å²) in [4.78, 5) is 0.153. The molecule has 0 fully saturated rings. The Morgan fingerprint density at radius 3 is 2.57 bits per heavy atom. The van der Waals surface area contributed by atoms with E-state index in [-0.39, 0.29) is 4.88 Å². The predicted octanol–water partition coefficient (Wildman–Crippen LogP) is 5.05. The zero-order chi connectivity index (χ0) is 10.3. The second-order valence-corrected chi connectivity index (χ2v) is 6.05. The maximum atomic E-state index is 12.4. The molecular formula is C9H4F2I2S. The number of rotatable bonds is 1. The van der Waals surface area contributed by atoms with E-state index in [0.29, 0.717) is 0 Å². The van der Waals surface area contributed by atoms with Gasteiger partial charge in [-0.15, -0.1) is 11.3 Å². The Balaban J connectivity index is 2.71. The number of halogens is 4. The van der Waals surface area contributed by atoms with Gasteiger partial charge in [-0.25, -0.2) is 8.78 Å². The predicted molar refractivity (Wildman–Crippen MR) is 72.2 cm³/mol. The molecule has 0 bridgehead atoms. The van der Waals surface area contributed by atoms with Crippen LogP contribution in [0.4, 0.5) is 8.78 Å². The van der Waals surface area contributed by atoms with E-state index in [4.69, 9.17) is 0 Å². The van der Waals surface area contributed by atoms with Gasteiger partial charge in [-0.3, -0.25) is 0 Å². The van der Waals surface area contributed by atoms with Crippen molar-refractivity contribution in [2.45, 2.75) is 6.43 Å². The first-order chi connectivity index (χ1) is 6.59. The van der Waals surface area contributed by atoms with Gasteiger partial charge in [0.15, 0.2) is 0 Å². The van der Waals surface area contributed by atoms with Gasteiger partial charge < -0.3 is 0 Å². The van der Waals surface area contributed by atoms with Crippen molar-refractivity contribution in [1.29, 1.82) is 0 Å². The van der Waals surface area contributed by atoms with Gasteiger partial charge in [0, 0.05) is 11.8 Å². The van der Waals surface area contributed by atoms with Gasteiger partial charge in [0.25, 0.3) is 6.43 Å². The van der Waals surface area contributed by atoms with Crippen molar-refractivity contribution in [3.8, 4) is 0 Å². The maximum Gasteiger partial charge on any atom is 0.272 e. The number of hydrogen-bond donors (Lipinski definition) is 0. The Hall–Kier alpha value is 0.500. The standard InChI is InChI=1S/C9H4F2I2S/c10-9(11)6-3-4-1-2-5(12)7(13)8(4)14-6/h1-3,9H. The van der Waals surface area contributed by atoms with Crippen LogP contribution in [-0.4, -0.2) is 0 Å². The number of alkyl halides is 2. The molecule has 1 aromatic carbocycles. The summed E-state index contributed by atoms with van der Waals surface area (Å²) in [6.07, 6.45) is -2.36. The molecule has 0 aliphatic carbocycles. The van der Waals surface area contributed by atoms with E-state index < -0.39 is 6.43 Å². The minimum absolute atomic E-state index is 0.153. The number of fused-ring (bicyclic) bond motifs is 1. The average Bonchev–Trinajstić information content (AvgIpc) is 2.56. The van der Waals surface area contributed by atoms with Crippen molar-refractivity contribution >= 4 is 66.6 Å². The molecule has 0 spiro atoms. The Morgan fingerprint density at radius 2 is 1.93 bits per heavy atom. The summed E-state index contributed by atoms with van der Waals surface area (Å²) in [5, 5.41) is 0.912. The van der Waals surface area contributed by atoms with Crippen molar-refractivity contribution in [2.75, 3.05) is 0 Å². The molecule has 0 saturated carbocycles. The molecule has 0 N–H and O–H groups in total. The molecule has 0 aliphatic heterocycles. The van der Waals surface area contributed by atoms with Crippen molar-refractivity contribution in [1.82, 2.24) is 0 Å². The highest BCUT2D eigenvalue weighted by atomic mass is 127. The third-order valence-corrected chi connectivity index (χ3v) is 6.41. The lowest BCUT2D eigenvalue weighted by atomic mass is 10.2. The van der Waals surface area contributed by atoms with Crippen LogP contribution in [-0.2, 0) is 0 Å². The Morgan fingerprint density at radius 1 is 1.21 bits per heavy atom. The van der Waals surface area contributed by atoms with E-state index >= 15 is 0 Å². The lowest BCUT2D eigenvalue weighted by Crippen LogP contribution is -1.76. The first-order valence-corrected chi connectivity index (χ1v) is 6.72. The summed E-state index contributed by atoms with van der Waals surface area (Å²) >= 11 is 5.59. The molecule has 14 heavy (non-hydrogen) atoms. The number of hydrogen-bond acceptors (Lipinski definition) is 1. The second-order valence-electron chi connectivity index (χ2n) is 2.73. The second kappa shape index (κ2) is 4.17. The quantitative estimate of drug-likeness (QED) is 0.550. The van der Waals surface area contributed by atoms with Crippen LogP contribution in [0.3, 0.4) is 0 Å². The SMILES string of the molecule is FC(F)c1cc2ccc(I)c(I)c2s1. The average molecular weight is 436 g/mol. The van der Waals surface area contributed by atoms with Crippen molar-refractivity contribution < 1.29 is 8.78 Å². The number of benzene rings is 1. The molecule has 1 aromatic heterocycles. The highest BCUT2D eigenvalue weighted by molar-refractivity contribution is 14.1. The summed E-state index contributed by atoms with van der Waals surface area (Å²) in [5.41, 5.74) is 0. The van der Waals surface area contributed by atoms with Gasteiger partial charge in [-0.05, 0) is 62.7 Å². The van der Waals surface area contributed by atoms with Crippen LogP contribution in [0, 0.1) is 7.14 Å². The third kappa shape index (κ3) is 1.90. The molecule has 74 valence electrons. The highest BCUT2D eigenvalue weighted by Gasteiger charge is 2.13. The van der Waals surface area contributed by atoms with Crippen molar-refractivity contribution in [3.05, 3.63) is 30.2 Å². The lowest BCUT2D eigenvalue weighted by Gasteiger charge is -1.95. The summed E-state index contributed by atoms with van der Waals surface area (Å²) < 4.78 is 28.0. The molecule has 2 aromatic rings. The largest absolute Gasteiger partial charge is 0.272 e. The molecular weight excluding hydrogens is 432 g/mol. The van der Waals surface area contributed by atoms with Crippen LogP contribution in [0.5, 0.6) is 0 Å². The van der Waals surface area contributed by atoms with E-state index in [1.165, 1.54) is 11.3 Å². The van der Waals surface area contributed by atoms with Crippen molar-refractivity contribution in [2.24, 2.45) is 0 Å². The summed E-state index contributed by atoms with van der Waals surface area (Å²) in [6.45, 7) is 0. The molecule has 0 saturated heterocycles. The van der Waals surface area contributed by atoms with E-state index in [1.807, 2.05) is 12.1 Å². The highest BCUT2D eigenvalue weighted by Crippen LogP contribution is 2.36. The first kappa shape index (κ1) is 11.0. The minimum Gasteiger partial charge on any atom is -0.204 e. The lowest BCUT2D eigenvalue weighted by molar-refractivity contribution is 0.156. The van der Waals surface area contributed by atoms with E-state index in [1.54, 1.807) is 6.07 Å². The van der Waals surface area contributed by atoms with Gasteiger partial charge in [0.1, 0.15) is 0 Å². The molecule has 0 amide bonds. The van der Waals surface area contributed by atoms with Crippen molar-refractivity contribution in [3.63, 3.8) is 0 Å². The van der Waals surface area contributed by atoms with Crippen LogP contribution < -0.4 is 0 Å². The van der Waals surface area contributed by atoms with E-state index in [9.17, 15) is 8.78 Å². The van der Waals surface area contributed by atoms with E-state index in [0.717, 1.165) is 17.2 Å². The first-order valence-electron chi connectivity index (χ1n) is 3.75. The van der Waals surface area contributed by atoms with Gasteiger partial charge in [0.05, 0.1) is 4.88 Å². The zero-order valence-electron chi connectivity index (χ0n) is 6.73. The molecule has 0 radical (unpaired) electrons. The minimum atomic E-state index is -2.36. The topological polar surface area (TPSA) is 0 Å². The van der Waals surface area contributed by atoms with E-state index in [2.05, 4.69) is 45.2 Å². The summed E-state index contributed by atoms with van der Waals surface area (Å²) in [6, 6.07) is 5.41. The third-order valence-electron chi connectivity index (χ3n) is 1.81. The van der Waals surface area contributed by atoms with Gasteiger partial charge in [-0.2, -0.15) is 0 Å². The Bertz CT molecular complexity index is 479. The van der Waals surface area contributed by atoms with Crippen LogP contribution >= 0.6 is 56.5 Å². The monoisotopic (exact) mass is 436 g/mol. The van der Waals surface area contributed by atoms with Crippen LogP contribution in [0.1, 0.15) is 11.3 Å². The molecule has 2 rings (SSSR count). The molecule has 0 nitrogen and oxygen atoms in total. The van der Waals surface area contributed by atoms with Gasteiger partial charge in [0.2, 0.25) is 0 Å². The molecule has 5 heteroatoms. The molecule has 0 unspecified atom stereocenters. The Labute approximate surface area is 111 Å². The van der Waals surface area contributed by atoms with Gasteiger partial charge in [-0.1, -0.05) is 6.07 Å². The van der Waals surface area contributed by atoms with Crippen LogP contribution in [0.15, 0.2) is 18.2 Å². The normalized spacial score (nSPS) is 11.5. The zero-order valence-corrected chi connectivity index (χ0v) is 11.9. The van der Waals surface area contributed by atoms with Gasteiger partial charge >= 0.3 is 0 Å². The summed E-state index contributed by atoms with van der Waals surface area (Å²) in [7, 11) is 0.